The van der Waals surface area contributed by atoms with Crippen LogP contribution in [0, 0.1) is 11.3 Å². The van der Waals surface area contributed by atoms with Crippen LogP contribution in [0.25, 0.3) is 16.9 Å². The first-order valence-corrected chi connectivity index (χ1v) is 7.15. The van der Waals surface area contributed by atoms with Crippen LogP contribution in [0.1, 0.15) is 16.1 Å². The molecule has 0 radical (unpaired) electrons. The molecule has 120 valence electrons. The number of carbonyl (C=O) groups is 1. The van der Waals surface area contributed by atoms with E-state index in [1.165, 1.54) is 13.3 Å². The molecule has 0 saturated heterocycles. The highest BCUT2D eigenvalue weighted by atomic mass is 16.5. The summed E-state index contributed by atoms with van der Waals surface area (Å²) in [5, 5.41) is 13.6. The molecule has 3 rings (SSSR count). The van der Waals surface area contributed by atoms with Crippen LogP contribution in [0.2, 0.25) is 0 Å². The van der Waals surface area contributed by atoms with Gasteiger partial charge in [0.15, 0.2) is 5.69 Å². The normalized spacial score (nSPS) is 10.4. The molecule has 24 heavy (non-hydrogen) atoms. The van der Waals surface area contributed by atoms with Crippen LogP contribution in [0.5, 0.6) is 0 Å². The number of hydrogen-bond donors (Lipinski definition) is 1. The molecule has 0 aliphatic carbocycles. The molecular weight excluding hydrogens is 306 g/mol. The fourth-order valence-electron chi connectivity index (χ4n) is 2.56. The molecule has 0 atom stereocenters. The summed E-state index contributed by atoms with van der Waals surface area (Å²) < 4.78 is 8.08. The molecule has 7 heteroatoms. The van der Waals surface area contributed by atoms with Gasteiger partial charge in [0.05, 0.1) is 29.7 Å². The van der Waals surface area contributed by atoms with Crippen molar-refractivity contribution in [3.63, 3.8) is 0 Å². The number of anilines is 1. The van der Waals surface area contributed by atoms with Crippen molar-refractivity contribution >= 4 is 11.7 Å². The van der Waals surface area contributed by atoms with E-state index in [4.69, 9.17) is 10.5 Å². The first-order chi connectivity index (χ1) is 11.6. The summed E-state index contributed by atoms with van der Waals surface area (Å²) in [6, 6.07) is 11.3. The molecule has 2 N–H and O–H groups in total. The molecule has 0 bridgehead atoms. The van der Waals surface area contributed by atoms with Crippen LogP contribution < -0.4 is 5.73 Å². The number of hydrogen-bond acceptors (Lipinski definition) is 5. The number of methoxy groups -OCH3 is 1. The molecule has 0 aliphatic rings. The first kappa shape index (κ1) is 15.4. The number of para-hydroxylation sites is 1. The lowest BCUT2D eigenvalue weighted by Crippen LogP contribution is -2.11. The Bertz CT molecular complexity index is 962. The maximum atomic E-state index is 12.2. The van der Waals surface area contributed by atoms with Gasteiger partial charge in [-0.1, -0.05) is 18.2 Å². The van der Waals surface area contributed by atoms with Crippen molar-refractivity contribution in [3.05, 3.63) is 54.0 Å². The second kappa shape index (κ2) is 5.93. The van der Waals surface area contributed by atoms with Crippen molar-refractivity contribution in [1.29, 1.82) is 5.26 Å². The smallest absolute Gasteiger partial charge is 0.357 e. The number of nitrogens with zero attached hydrogens (tertiary/aromatic N) is 4. The number of carbonyl (C=O) groups excluding carboxylic acids is 1. The predicted octanol–water partition coefficient (Wildman–Crippen LogP) is 2.12. The van der Waals surface area contributed by atoms with Gasteiger partial charge in [0.25, 0.3) is 0 Å². The van der Waals surface area contributed by atoms with Crippen molar-refractivity contribution in [1.82, 2.24) is 14.3 Å². The highest BCUT2D eigenvalue weighted by Gasteiger charge is 2.23. The Labute approximate surface area is 138 Å². The SMILES string of the molecule is COC(=O)c1c(N)c(C#N)cn1-c1ccccc1-c1ccn(C)n1. The molecule has 3 aromatic rings. The largest absolute Gasteiger partial charge is 0.464 e. The van der Waals surface area contributed by atoms with E-state index in [2.05, 4.69) is 5.10 Å². The summed E-state index contributed by atoms with van der Waals surface area (Å²) >= 11 is 0. The Kier molecular flexibility index (Phi) is 3.80. The third-order valence-corrected chi connectivity index (χ3v) is 3.70. The number of rotatable bonds is 3. The number of ether oxygens (including phenoxy) is 1. The summed E-state index contributed by atoms with van der Waals surface area (Å²) in [5.41, 5.74) is 8.63. The quantitative estimate of drug-likeness (QED) is 0.745. The lowest BCUT2D eigenvalue weighted by atomic mass is 10.1. The molecule has 0 amide bonds. The van der Waals surface area contributed by atoms with E-state index in [0.717, 1.165) is 11.3 Å². The summed E-state index contributed by atoms with van der Waals surface area (Å²) in [4.78, 5) is 12.2. The first-order valence-electron chi connectivity index (χ1n) is 7.15. The second-order valence-electron chi connectivity index (χ2n) is 5.17. The zero-order valence-electron chi connectivity index (χ0n) is 13.2. The fraction of sp³-hybridized carbons (Fsp3) is 0.118. The minimum absolute atomic E-state index is 0.0974. The Hall–Kier alpha value is -3.53. The number of aryl methyl sites for hydroxylation is 1. The highest BCUT2D eigenvalue weighted by Crippen LogP contribution is 2.30. The molecule has 2 aromatic heterocycles. The number of nitrogens with two attached hydrogens (primary N) is 1. The molecule has 0 unspecified atom stereocenters. The topological polar surface area (TPSA) is 98.9 Å². The van der Waals surface area contributed by atoms with Gasteiger partial charge >= 0.3 is 5.97 Å². The summed E-state index contributed by atoms with van der Waals surface area (Å²) in [6.07, 6.45) is 3.36. The number of aromatic nitrogens is 3. The molecule has 0 fully saturated rings. The van der Waals surface area contributed by atoms with E-state index >= 15 is 0 Å². The maximum absolute atomic E-state index is 12.2. The van der Waals surface area contributed by atoms with Crippen LogP contribution in [0.15, 0.2) is 42.7 Å². The Morgan fingerprint density at radius 2 is 2.08 bits per heavy atom. The monoisotopic (exact) mass is 321 g/mol. The van der Waals surface area contributed by atoms with Crippen molar-refractivity contribution in [3.8, 4) is 23.0 Å². The number of nitrogen functional groups attached to an aromatic ring is 1. The van der Waals surface area contributed by atoms with E-state index in [1.54, 1.807) is 9.25 Å². The number of benzene rings is 1. The van der Waals surface area contributed by atoms with Gasteiger partial charge in [0.1, 0.15) is 6.07 Å². The van der Waals surface area contributed by atoms with E-state index in [9.17, 15) is 10.1 Å². The van der Waals surface area contributed by atoms with E-state index in [1.807, 2.05) is 49.6 Å². The third-order valence-electron chi connectivity index (χ3n) is 3.70. The van der Waals surface area contributed by atoms with Gasteiger partial charge in [-0.3, -0.25) is 4.68 Å². The molecule has 0 aliphatic heterocycles. The van der Waals surface area contributed by atoms with Gasteiger partial charge in [-0.15, -0.1) is 0 Å². The Balaban J connectivity index is 2.28. The van der Waals surface area contributed by atoms with E-state index < -0.39 is 5.97 Å². The van der Waals surface area contributed by atoms with E-state index in [-0.39, 0.29) is 16.9 Å². The molecule has 0 spiro atoms. The minimum atomic E-state index is -0.607. The molecule has 1 aromatic carbocycles. The minimum Gasteiger partial charge on any atom is -0.464 e. The maximum Gasteiger partial charge on any atom is 0.357 e. The average Bonchev–Trinajstić information content (AvgIpc) is 3.17. The van der Waals surface area contributed by atoms with Gasteiger partial charge in [0.2, 0.25) is 0 Å². The van der Waals surface area contributed by atoms with Crippen molar-refractivity contribution < 1.29 is 9.53 Å². The zero-order chi connectivity index (χ0) is 17.3. The zero-order valence-corrected chi connectivity index (χ0v) is 13.2. The van der Waals surface area contributed by atoms with E-state index in [0.29, 0.717) is 5.69 Å². The lowest BCUT2D eigenvalue weighted by Gasteiger charge is -2.12. The average molecular weight is 321 g/mol. The Morgan fingerprint density at radius 1 is 1.33 bits per heavy atom. The summed E-state index contributed by atoms with van der Waals surface area (Å²) in [5.74, 6) is -0.607. The van der Waals surface area contributed by atoms with Gasteiger partial charge in [-0.25, -0.2) is 4.79 Å². The molecule has 7 nitrogen and oxygen atoms in total. The fourth-order valence-corrected chi connectivity index (χ4v) is 2.56. The molecule has 0 saturated carbocycles. The van der Waals surface area contributed by atoms with Gasteiger partial charge in [-0.2, -0.15) is 10.4 Å². The van der Waals surface area contributed by atoms with Gasteiger partial charge < -0.3 is 15.0 Å². The standard InChI is InChI=1S/C17H15N5O2/c1-21-8-7-13(20-21)12-5-3-4-6-14(12)22-10-11(9-18)15(19)16(22)17(23)24-2/h3-8,10H,19H2,1-2H3. The van der Waals surface area contributed by atoms with Crippen LogP contribution in [0.3, 0.4) is 0 Å². The van der Waals surface area contributed by atoms with Gasteiger partial charge in [-0.05, 0) is 12.1 Å². The summed E-state index contributed by atoms with van der Waals surface area (Å²) in [6.45, 7) is 0. The highest BCUT2D eigenvalue weighted by molar-refractivity contribution is 5.96. The van der Waals surface area contributed by atoms with Crippen LogP contribution in [-0.4, -0.2) is 27.4 Å². The van der Waals surface area contributed by atoms with Crippen LogP contribution in [-0.2, 0) is 11.8 Å². The van der Waals surface area contributed by atoms with Crippen molar-refractivity contribution in [2.75, 3.05) is 12.8 Å². The van der Waals surface area contributed by atoms with Crippen LogP contribution >= 0.6 is 0 Å². The predicted molar refractivity (Wildman–Crippen MR) is 88.4 cm³/mol. The Morgan fingerprint density at radius 3 is 2.71 bits per heavy atom. The second-order valence-corrected chi connectivity index (χ2v) is 5.17. The van der Waals surface area contributed by atoms with Gasteiger partial charge in [0, 0.05) is 25.0 Å². The molecular formula is C17H15N5O2. The third kappa shape index (κ3) is 2.40. The van der Waals surface area contributed by atoms with Crippen molar-refractivity contribution in [2.24, 2.45) is 7.05 Å². The molecule has 2 heterocycles. The lowest BCUT2D eigenvalue weighted by molar-refractivity contribution is 0.0593. The number of esters is 1. The van der Waals surface area contributed by atoms with Crippen LogP contribution in [0.4, 0.5) is 5.69 Å². The van der Waals surface area contributed by atoms with Crippen molar-refractivity contribution in [2.45, 2.75) is 0 Å². The number of nitriles is 1. The summed E-state index contributed by atoms with van der Waals surface area (Å²) in [7, 11) is 3.10.